The first-order valence-electron chi connectivity index (χ1n) is 8.18. The summed E-state index contributed by atoms with van der Waals surface area (Å²) in [5, 5.41) is 2.84. The molecule has 0 unspecified atom stereocenters. The fraction of sp³-hybridized carbons (Fsp3) is 0.263. The topological polar surface area (TPSA) is 105 Å². The molecule has 0 aliphatic heterocycles. The third kappa shape index (κ3) is 3.98. The van der Waals surface area contributed by atoms with Gasteiger partial charge in [-0.05, 0) is 32.0 Å². The average Bonchev–Trinajstić information content (AvgIpc) is 2.62. The molecule has 1 aromatic carbocycles. The van der Waals surface area contributed by atoms with E-state index in [1.165, 1.54) is 32.3 Å². The summed E-state index contributed by atoms with van der Waals surface area (Å²) in [6, 6.07) is 5.91. The van der Waals surface area contributed by atoms with Crippen LogP contribution in [0.3, 0.4) is 0 Å². The molecule has 1 heterocycles. The number of aromatic nitrogens is 1. The zero-order valence-electron chi connectivity index (χ0n) is 15.9. The van der Waals surface area contributed by atoms with E-state index in [2.05, 4.69) is 16.2 Å². The molecule has 0 fully saturated rings. The molecule has 148 valence electrons. The number of sulfonamides is 1. The van der Waals surface area contributed by atoms with Crippen molar-refractivity contribution in [2.75, 3.05) is 19.4 Å². The summed E-state index contributed by atoms with van der Waals surface area (Å²) < 4.78 is 40.2. The molecule has 2 rings (SSSR count). The number of carbonyl (C=O) groups is 1. The Labute approximate surface area is 163 Å². The summed E-state index contributed by atoms with van der Waals surface area (Å²) in [5.41, 5.74) is 4.43. The number of carbonyl (C=O) groups excluding carboxylic acids is 1. The number of nitrogens with two attached hydrogens (primary N) is 1. The standard InChI is InChI=1S/C19H21FN4O3S/c1-6-19(2,3)16-14(20)11-22-18(15(16)17(21)25)23-12-8-7-9-13(10-12)28(26,27)24(4)5/h1,7-11H,2-5H3,(H2,21,25)(H,22,23). The number of terminal acetylenes is 1. The zero-order chi connectivity index (χ0) is 21.3. The van der Waals surface area contributed by atoms with Crippen LogP contribution < -0.4 is 11.1 Å². The number of amides is 1. The maximum Gasteiger partial charge on any atom is 0.252 e. The van der Waals surface area contributed by atoms with Gasteiger partial charge in [0.2, 0.25) is 10.0 Å². The number of benzene rings is 1. The van der Waals surface area contributed by atoms with Gasteiger partial charge in [-0.2, -0.15) is 0 Å². The van der Waals surface area contributed by atoms with Crippen LogP contribution in [0.1, 0.15) is 29.8 Å². The number of nitrogens with zero attached hydrogens (tertiary/aromatic N) is 2. The first-order valence-corrected chi connectivity index (χ1v) is 9.62. The Morgan fingerprint density at radius 1 is 1.36 bits per heavy atom. The lowest BCUT2D eigenvalue weighted by molar-refractivity contribution is 0.0998. The molecule has 2 aromatic rings. The van der Waals surface area contributed by atoms with Crippen molar-refractivity contribution in [3.05, 3.63) is 47.4 Å². The number of pyridine rings is 1. The van der Waals surface area contributed by atoms with Crippen LogP contribution in [0, 0.1) is 18.2 Å². The molecule has 0 radical (unpaired) electrons. The number of nitrogens with one attached hydrogen (secondary N) is 1. The Hall–Kier alpha value is -2.96. The van der Waals surface area contributed by atoms with Crippen LogP contribution in [0.5, 0.6) is 0 Å². The van der Waals surface area contributed by atoms with Crippen molar-refractivity contribution in [3.8, 4) is 12.3 Å². The molecular formula is C19H21FN4O3S. The normalized spacial score (nSPS) is 11.9. The summed E-state index contributed by atoms with van der Waals surface area (Å²) in [7, 11) is -0.839. The van der Waals surface area contributed by atoms with E-state index in [1.54, 1.807) is 19.9 Å². The minimum Gasteiger partial charge on any atom is -0.365 e. The van der Waals surface area contributed by atoms with Gasteiger partial charge in [-0.3, -0.25) is 4.79 Å². The second-order valence-electron chi connectivity index (χ2n) is 6.78. The predicted octanol–water partition coefficient (Wildman–Crippen LogP) is 2.22. The van der Waals surface area contributed by atoms with Crippen LogP contribution in [0.4, 0.5) is 15.9 Å². The highest BCUT2D eigenvalue weighted by Gasteiger charge is 2.30. The molecule has 28 heavy (non-hydrogen) atoms. The Balaban J connectivity index is 2.62. The highest BCUT2D eigenvalue weighted by molar-refractivity contribution is 7.89. The zero-order valence-corrected chi connectivity index (χ0v) is 16.8. The molecule has 0 saturated heterocycles. The summed E-state index contributed by atoms with van der Waals surface area (Å²) in [5.74, 6) is 0.746. The number of hydrogen-bond acceptors (Lipinski definition) is 5. The lowest BCUT2D eigenvalue weighted by atomic mass is 9.82. The molecule has 0 bridgehead atoms. The van der Waals surface area contributed by atoms with Crippen molar-refractivity contribution in [1.29, 1.82) is 0 Å². The maximum absolute atomic E-state index is 14.4. The molecule has 0 aliphatic carbocycles. The second-order valence-corrected chi connectivity index (χ2v) is 8.93. The van der Waals surface area contributed by atoms with Crippen LogP contribution in [0.25, 0.3) is 0 Å². The van der Waals surface area contributed by atoms with E-state index in [1.807, 2.05) is 0 Å². The molecule has 0 atom stereocenters. The van der Waals surface area contributed by atoms with Crippen LogP contribution in [0.15, 0.2) is 35.4 Å². The third-order valence-electron chi connectivity index (χ3n) is 4.14. The van der Waals surface area contributed by atoms with Crippen molar-refractivity contribution < 1.29 is 17.6 Å². The highest BCUT2D eigenvalue weighted by atomic mass is 32.2. The lowest BCUT2D eigenvalue weighted by Gasteiger charge is -2.23. The lowest BCUT2D eigenvalue weighted by Crippen LogP contribution is -2.26. The first-order chi connectivity index (χ1) is 12.9. The quantitative estimate of drug-likeness (QED) is 0.718. The summed E-state index contributed by atoms with van der Waals surface area (Å²) >= 11 is 0. The second kappa shape index (κ2) is 7.58. The fourth-order valence-electron chi connectivity index (χ4n) is 2.59. The predicted molar refractivity (Wildman–Crippen MR) is 105 cm³/mol. The maximum atomic E-state index is 14.4. The van der Waals surface area contributed by atoms with Gasteiger partial charge in [-0.25, -0.2) is 22.1 Å². The molecular weight excluding hydrogens is 383 g/mol. The first kappa shape index (κ1) is 21.3. The van der Waals surface area contributed by atoms with Gasteiger partial charge in [0, 0.05) is 25.3 Å². The largest absolute Gasteiger partial charge is 0.365 e. The van der Waals surface area contributed by atoms with E-state index in [9.17, 15) is 17.6 Å². The SMILES string of the molecule is C#CC(C)(C)c1c(F)cnc(Nc2cccc(S(=O)(=O)N(C)C)c2)c1C(N)=O. The van der Waals surface area contributed by atoms with Gasteiger partial charge in [0.05, 0.1) is 22.1 Å². The van der Waals surface area contributed by atoms with E-state index in [0.717, 1.165) is 10.5 Å². The van der Waals surface area contributed by atoms with E-state index in [0.29, 0.717) is 5.69 Å². The number of anilines is 2. The van der Waals surface area contributed by atoms with Crippen molar-refractivity contribution in [1.82, 2.24) is 9.29 Å². The summed E-state index contributed by atoms with van der Waals surface area (Å²) in [6.07, 6.45) is 6.43. The summed E-state index contributed by atoms with van der Waals surface area (Å²) in [4.78, 5) is 16.0. The van der Waals surface area contributed by atoms with Gasteiger partial charge < -0.3 is 11.1 Å². The van der Waals surface area contributed by atoms with E-state index in [4.69, 9.17) is 12.2 Å². The van der Waals surface area contributed by atoms with E-state index in [-0.39, 0.29) is 21.8 Å². The monoisotopic (exact) mass is 404 g/mol. The summed E-state index contributed by atoms with van der Waals surface area (Å²) in [6.45, 7) is 3.15. The van der Waals surface area contributed by atoms with Crippen LogP contribution in [-0.2, 0) is 15.4 Å². The van der Waals surface area contributed by atoms with Gasteiger partial charge in [0.15, 0.2) is 0 Å². The van der Waals surface area contributed by atoms with Gasteiger partial charge in [-0.1, -0.05) is 12.0 Å². The minimum atomic E-state index is -3.67. The van der Waals surface area contributed by atoms with Crippen molar-refractivity contribution in [2.24, 2.45) is 5.73 Å². The van der Waals surface area contributed by atoms with Crippen molar-refractivity contribution in [2.45, 2.75) is 24.2 Å². The van der Waals surface area contributed by atoms with Gasteiger partial charge in [-0.15, -0.1) is 6.42 Å². The molecule has 1 aromatic heterocycles. The Kier molecular flexibility index (Phi) is 5.77. The van der Waals surface area contributed by atoms with E-state index >= 15 is 0 Å². The number of halogens is 1. The minimum absolute atomic E-state index is 0.0216. The fourth-order valence-corrected chi connectivity index (χ4v) is 3.54. The molecule has 0 aliphatic rings. The molecule has 7 nitrogen and oxygen atoms in total. The average molecular weight is 404 g/mol. The highest BCUT2D eigenvalue weighted by Crippen LogP contribution is 2.33. The van der Waals surface area contributed by atoms with Gasteiger partial charge in [0.25, 0.3) is 5.91 Å². The molecule has 3 N–H and O–H groups in total. The Morgan fingerprint density at radius 2 is 2.00 bits per heavy atom. The Bertz CT molecular complexity index is 1070. The van der Waals surface area contributed by atoms with Crippen molar-refractivity contribution >= 4 is 27.4 Å². The molecule has 0 saturated carbocycles. The Morgan fingerprint density at radius 3 is 2.54 bits per heavy atom. The van der Waals surface area contributed by atoms with Gasteiger partial charge in [0.1, 0.15) is 11.6 Å². The number of hydrogen-bond donors (Lipinski definition) is 2. The van der Waals surface area contributed by atoms with Crippen LogP contribution in [0.2, 0.25) is 0 Å². The number of primary amides is 1. The smallest absolute Gasteiger partial charge is 0.252 e. The van der Waals surface area contributed by atoms with Gasteiger partial charge >= 0.3 is 0 Å². The third-order valence-corrected chi connectivity index (χ3v) is 5.95. The number of rotatable bonds is 6. The molecule has 1 amide bonds. The molecule has 0 spiro atoms. The van der Waals surface area contributed by atoms with Crippen LogP contribution in [-0.4, -0.2) is 37.7 Å². The molecule has 9 heteroatoms. The van der Waals surface area contributed by atoms with Crippen LogP contribution >= 0.6 is 0 Å². The van der Waals surface area contributed by atoms with Crippen molar-refractivity contribution in [3.63, 3.8) is 0 Å². The van der Waals surface area contributed by atoms with E-state index < -0.39 is 27.2 Å².